The molecule has 0 aromatic rings. The highest BCUT2D eigenvalue weighted by Crippen LogP contribution is 2.25. The molecule has 0 rings (SSSR count). The number of hydrogen-bond donors (Lipinski definition) is 6. The van der Waals surface area contributed by atoms with Crippen LogP contribution >= 0.6 is 0 Å². The number of aliphatic hydroxyl groups is 2. The zero-order valence-corrected chi connectivity index (χ0v) is 13.5. The fraction of sp³-hybridized carbons (Fsp3) is 0.714. The lowest BCUT2D eigenvalue weighted by Crippen LogP contribution is -2.48. The first-order valence-electron chi connectivity index (χ1n) is 7.21. The van der Waals surface area contributed by atoms with E-state index in [-0.39, 0.29) is 25.9 Å². The van der Waals surface area contributed by atoms with Crippen molar-refractivity contribution < 1.29 is 27.8 Å². The van der Waals surface area contributed by atoms with Gasteiger partial charge in [-0.05, 0) is 38.8 Å². The second-order valence-corrected chi connectivity index (χ2v) is 5.36. The maximum atomic E-state index is 12.3. The van der Waals surface area contributed by atoms with Crippen LogP contribution in [0.4, 0.5) is 17.6 Å². The smallest absolute Gasteiger partial charge is 0.263 e. The normalized spacial score (nSPS) is 16.1. The lowest BCUT2D eigenvalue weighted by Gasteiger charge is -2.26. The second-order valence-electron chi connectivity index (χ2n) is 5.36. The molecule has 2 atom stereocenters. The van der Waals surface area contributed by atoms with E-state index in [0.29, 0.717) is 12.8 Å². The molecule has 0 aliphatic rings. The molecule has 6 nitrogen and oxygen atoms in total. The van der Waals surface area contributed by atoms with Crippen LogP contribution in [0.3, 0.4) is 0 Å². The molecule has 0 saturated carbocycles. The maximum absolute atomic E-state index is 12.3. The summed E-state index contributed by atoms with van der Waals surface area (Å²) in [5, 5.41) is 17.7. The first-order valence-corrected chi connectivity index (χ1v) is 7.21. The summed E-state index contributed by atoms with van der Waals surface area (Å²) in [7, 11) is 0. The van der Waals surface area contributed by atoms with E-state index in [2.05, 4.69) is 13.2 Å². The summed E-state index contributed by atoms with van der Waals surface area (Å²) < 4.78 is 49.1. The van der Waals surface area contributed by atoms with Crippen molar-refractivity contribution in [3.8, 4) is 0 Å². The van der Waals surface area contributed by atoms with Crippen LogP contribution in [-0.2, 0) is 0 Å². The molecule has 0 bridgehead atoms. The molecule has 0 aromatic heterocycles. The van der Waals surface area contributed by atoms with Crippen molar-refractivity contribution in [2.24, 2.45) is 22.9 Å². The molecule has 0 heterocycles. The van der Waals surface area contributed by atoms with Crippen molar-refractivity contribution in [1.82, 2.24) is 0 Å². The molecule has 144 valence electrons. The van der Waals surface area contributed by atoms with Crippen molar-refractivity contribution in [2.45, 2.75) is 49.6 Å². The molecule has 0 unspecified atom stereocenters. The lowest BCUT2D eigenvalue weighted by molar-refractivity contribution is 0.0446. The summed E-state index contributed by atoms with van der Waals surface area (Å²) in [5.74, 6) is -1.38. The fourth-order valence-corrected chi connectivity index (χ4v) is 1.55. The second kappa shape index (κ2) is 11.2. The molecular formula is C14H28F4N4O2. The van der Waals surface area contributed by atoms with Gasteiger partial charge in [0.05, 0.1) is 0 Å². The van der Waals surface area contributed by atoms with Crippen LogP contribution in [0, 0.1) is 0 Å². The summed E-state index contributed by atoms with van der Waals surface area (Å²) in [6, 6.07) is 0. The van der Waals surface area contributed by atoms with E-state index in [1.165, 1.54) is 0 Å². The Morgan fingerprint density at radius 3 is 1.17 bits per heavy atom. The summed E-state index contributed by atoms with van der Waals surface area (Å²) in [4.78, 5) is 0. The minimum atomic E-state index is -2.82. The van der Waals surface area contributed by atoms with Crippen LogP contribution in [0.2, 0.25) is 0 Å². The zero-order valence-electron chi connectivity index (χ0n) is 13.5. The van der Waals surface area contributed by atoms with Crippen molar-refractivity contribution in [3.63, 3.8) is 0 Å². The highest BCUT2D eigenvalue weighted by atomic mass is 19.3. The standard InChI is InChI=1S/2C7H14F2N2O/c2*1-5(12)7(11,6(8)9)3-2-4-10/h2*6,12H,1-4,10-11H2/t2*7-/m10/s1. The summed E-state index contributed by atoms with van der Waals surface area (Å²) in [6.45, 7) is 6.55. The Morgan fingerprint density at radius 1 is 0.792 bits per heavy atom. The van der Waals surface area contributed by atoms with E-state index >= 15 is 0 Å². The van der Waals surface area contributed by atoms with E-state index < -0.39 is 35.4 Å². The van der Waals surface area contributed by atoms with Gasteiger partial charge < -0.3 is 33.1 Å². The average Bonchev–Trinajstić information content (AvgIpc) is 2.49. The Morgan fingerprint density at radius 2 is 1.04 bits per heavy atom. The molecule has 0 amide bonds. The molecule has 0 aliphatic heterocycles. The fourth-order valence-electron chi connectivity index (χ4n) is 1.55. The third-order valence-corrected chi connectivity index (χ3v) is 3.44. The van der Waals surface area contributed by atoms with Gasteiger partial charge in [0.2, 0.25) is 0 Å². The van der Waals surface area contributed by atoms with Crippen LogP contribution in [0.15, 0.2) is 24.7 Å². The minimum Gasteiger partial charge on any atom is -0.511 e. The molecule has 10 N–H and O–H groups in total. The maximum Gasteiger partial charge on any atom is 0.263 e. The van der Waals surface area contributed by atoms with Crippen molar-refractivity contribution in [1.29, 1.82) is 0 Å². The molecule has 10 heteroatoms. The quantitative estimate of drug-likeness (QED) is 0.257. The van der Waals surface area contributed by atoms with Gasteiger partial charge in [0.25, 0.3) is 12.9 Å². The number of halogens is 4. The number of aliphatic hydroxyl groups excluding tert-OH is 2. The minimum absolute atomic E-state index is 0.0590. The van der Waals surface area contributed by atoms with Gasteiger partial charge in [0, 0.05) is 0 Å². The first-order chi connectivity index (χ1) is 10.9. The van der Waals surface area contributed by atoms with Crippen LogP contribution in [0.25, 0.3) is 0 Å². The Kier molecular flexibility index (Phi) is 11.7. The monoisotopic (exact) mass is 360 g/mol. The van der Waals surface area contributed by atoms with Crippen molar-refractivity contribution >= 4 is 0 Å². The third kappa shape index (κ3) is 7.47. The van der Waals surface area contributed by atoms with Crippen molar-refractivity contribution in [2.75, 3.05) is 13.1 Å². The molecular weight excluding hydrogens is 332 g/mol. The topological polar surface area (TPSA) is 145 Å². The van der Waals surface area contributed by atoms with Gasteiger partial charge in [0.15, 0.2) is 0 Å². The van der Waals surface area contributed by atoms with Crippen LogP contribution in [0.5, 0.6) is 0 Å². The Hall–Kier alpha value is -1.36. The summed E-state index contributed by atoms with van der Waals surface area (Å²) in [6.07, 6.45) is -5.09. The highest BCUT2D eigenvalue weighted by molar-refractivity contribution is 5.10. The number of nitrogens with two attached hydrogens (primary N) is 4. The molecule has 0 aliphatic carbocycles. The van der Waals surface area contributed by atoms with Gasteiger partial charge in [-0.1, -0.05) is 13.2 Å². The SMILES string of the molecule is C=C(O)[C@@](N)(CCCN)C(F)F.C=C(O)[C@](N)(CCCN)C(F)F. The molecule has 0 fully saturated rings. The Bertz CT molecular complexity index is 363. The van der Waals surface area contributed by atoms with Crippen LogP contribution < -0.4 is 22.9 Å². The molecule has 0 spiro atoms. The molecule has 0 aromatic carbocycles. The van der Waals surface area contributed by atoms with Crippen LogP contribution in [0.1, 0.15) is 25.7 Å². The molecule has 24 heavy (non-hydrogen) atoms. The summed E-state index contributed by atoms with van der Waals surface area (Å²) in [5.41, 5.74) is 16.7. The van der Waals surface area contributed by atoms with E-state index in [0.717, 1.165) is 0 Å². The van der Waals surface area contributed by atoms with E-state index in [4.69, 9.17) is 33.1 Å². The van der Waals surface area contributed by atoms with Gasteiger partial charge in [0.1, 0.15) is 22.6 Å². The van der Waals surface area contributed by atoms with E-state index in [1.54, 1.807) is 0 Å². The number of hydrogen-bond acceptors (Lipinski definition) is 6. The molecule has 0 radical (unpaired) electrons. The predicted molar refractivity (Wildman–Crippen MR) is 86.0 cm³/mol. The third-order valence-electron chi connectivity index (χ3n) is 3.44. The Labute approximate surface area is 139 Å². The summed E-state index contributed by atoms with van der Waals surface area (Å²) >= 11 is 0. The Balaban J connectivity index is 0. The number of rotatable bonds is 10. The van der Waals surface area contributed by atoms with Gasteiger partial charge in [-0.3, -0.25) is 0 Å². The van der Waals surface area contributed by atoms with E-state index in [9.17, 15) is 17.6 Å². The number of alkyl halides is 4. The zero-order chi connectivity index (χ0) is 19.6. The van der Waals surface area contributed by atoms with Crippen molar-refractivity contribution in [3.05, 3.63) is 24.7 Å². The average molecular weight is 360 g/mol. The van der Waals surface area contributed by atoms with E-state index in [1.807, 2.05) is 0 Å². The van der Waals surface area contributed by atoms with Gasteiger partial charge in [-0.15, -0.1) is 0 Å². The lowest BCUT2D eigenvalue weighted by atomic mass is 9.93. The van der Waals surface area contributed by atoms with Crippen LogP contribution in [-0.4, -0.2) is 47.2 Å². The molecule has 0 saturated heterocycles. The van der Waals surface area contributed by atoms with Gasteiger partial charge >= 0.3 is 0 Å². The first kappa shape index (κ1) is 24.9. The van der Waals surface area contributed by atoms with Gasteiger partial charge in [-0.25, -0.2) is 17.6 Å². The van der Waals surface area contributed by atoms with Gasteiger partial charge in [-0.2, -0.15) is 0 Å². The highest BCUT2D eigenvalue weighted by Gasteiger charge is 2.39. The predicted octanol–water partition coefficient (Wildman–Crippen LogP) is 1.52. The largest absolute Gasteiger partial charge is 0.511 e.